The van der Waals surface area contributed by atoms with Crippen LogP contribution in [-0.4, -0.2) is 11.1 Å². The first-order valence-electron chi connectivity index (χ1n) is 3.08. The van der Waals surface area contributed by atoms with Crippen LogP contribution in [-0.2, 0) is 0 Å². The predicted molar refractivity (Wildman–Crippen MR) is 38.1 cm³/mol. The van der Waals surface area contributed by atoms with E-state index in [1.54, 1.807) is 0 Å². The molecule has 0 radical (unpaired) electrons. The fourth-order valence-corrected chi connectivity index (χ4v) is 0.816. The number of carbonyl (C=O) groups is 1. The molecule has 0 amide bonds. The topological polar surface area (TPSA) is 61.1 Å². The molecule has 0 fully saturated rings. The predicted octanol–water partition coefficient (Wildman–Crippen LogP) is 1.40. The molecule has 1 aromatic rings. The molecule has 4 heteroatoms. The van der Waals surface area contributed by atoms with Crippen molar-refractivity contribution >= 4 is 5.97 Å². The zero-order valence-electron chi connectivity index (χ0n) is 5.91. The van der Waals surface area contributed by atoms with Crippen molar-refractivity contribution in [3.8, 4) is 6.07 Å². The highest BCUT2D eigenvalue weighted by atomic mass is 19.1. The Hall–Kier alpha value is -1.89. The molecule has 12 heavy (non-hydrogen) atoms. The second-order valence-corrected chi connectivity index (χ2v) is 2.08. The average Bonchev–Trinajstić information content (AvgIpc) is 2.03. The molecule has 0 bridgehead atoms. The van der Waals surface area contributed by atoms with Crippen LogP contribution in [0, 0.1) is 17.1 Å². The number of carboxylic acid groups (broad SMARTS) is 1. The number of nitrogens with zero attached hydrogens (tertiary/aromatic N) is 1. The average molecular weight is 165 g/mol. The molecule has 0 heterocycles. The minimum absolute atomic E-state index is 0.308. The second-order valence-electron chi connectivity index (χ2n) is 2.08. The third-order valence-electron chi connectivity index (χ3n) is 1.36. The number of aromatic carboxylic acids is 1. The summed E-state index contributed by atoms with van der Waals surface area (Å²) in [4.78, 5) is 10.4. The van der Waals surface area contributed by atoms with E-state index in [2.05, 4.69) is 0 Å². The van der Waals surface area contributed by atoms with E-state index in [4.69, 9.17) is 10.4 Å². The van der Waals surface area contributed by atoms with Crippen molar-refractivity contribution in [1.29, 1.82) is 5.26 Å². The summed E-state index contributed by atoms with van der Waals surface area (Å²) in [5.74, 6) is -2.11. The van der Waals surface area contributed by atoms with E-state index in [0.717, 1.165) is 6.07 Å². The zero-order valence-corrected chi connectivity index (χ0v) is 5.91. The van der Waals surface area contributed by atoms with Crippen LogP contribution in [0.4, 0.5) is 4.39 Å². The molecule has 1 rings (SSSR count). The molecule has 0 aromatic heterocycles. The van der Waals surface area contributed by atoms with Gasteiger partial charge in [0.2, 0.25) is 0 Å². The van der Waals surface area contributed by atoms with Gasteiger partial charge in [-0.1, -0.05) is 6.07 Å². The van der Waals surface area contributed by atoms with Crippen molar-refractivity contribution in [2.45, 2.75) is 0 Å². The second kappa shape index (κ2) is 3.01. The van der Waals surface area contributed by atoms with Crippen molar-refractivity contribution in [3.05, 3.63) is 35.1 Å². The molecule has 0 saturated heterocycles. The standard InChI is InChI=1S/C8H4FNO2/c9-7-3-1-2-5(8(11)12)6(7)4-10/h1-3H,(H,11,12). The van der Waals surface area contributed by atoms with Crippen LogP contribution in [0.3, 0.4) is 0 Å². The number of carboxylic acids is 1. The number of hydrogen-bond donors (Lipinski definition) is 1. The van der Waals surface area contributed by atoms with Gasteiger partial charge in [-0.05, 0) is 12.1 Å². The van der Waals surface area contributed by atoms with Gasteiger partial charge in [-0.15, -0.1) is 0 Å². The van der Waals surface area contributed by atoms with Crippen LogP contribution < -0.4 is 0 Å². The van der Waals surface area contributed by atoms with Crippen molar-refractivity contribution < 1.29 is 14.3 Å². The highest BCUT2D eigenvalue weighted by Gasteiger charge is 2.12. The Labute approximate surface area is 67.7 Å². The quantitative estimate of drug-likeness (QED) is 0.684. The van der Waals surface area contributed by atoms with Gasteiger partial charge in [0.15, 0.2) is 0 Å². The first-order chi connectivity index (χ1) is 5.66. The number of rotatable bonds is 1. The Morgan fingerprint density at radius 3 is 2.67 bits per heavy atom. The van der Waals surface area contributed by atoms with Gasteiger partial charge in [-0.3, -0.25) is 0 Å². The van der Waals surface area contributed by atoms with E-state index in [9.17, 15) is 9.18 Å². The van der Waals surface area contributed by atoms with Gasteiger partial charge >= 0.3 is 5.97 Å². The maximum absolute atomic E-state index is 12.7. The van der Waals surface area contributed by atoms with Gasteiger partial charge in [-0.25, -0.2) is 9.18 Å². The van der Waals surface area contributed by atoms with Crippen LogP contribution in [0.5, 0.6) is 0 Å². The third kappa shape index (κ3) is 1.25. The molecule has 0 aliphatic heterocycles. The molecule has 60 valence electrons. The first-order valence-corrected chi connectivity index (χ1v) is 3.08. The lowest BCUT2D eigenvalue weighted by Crippen LogP contribution is -2.01. The summed E-state index contributed by atoms with van der Waals surface area (Å²) in [7, 11) is 0. The fraction of sp³-hybridized carbons (Fsp3) is 0. The number of benzene rings is 1. The van der Waals surface area contributed by atoms with E-state index in [1.807, 2.05) is 0 Å². The largest absolute Gasteiger partial charge is 0.478 e. The maximum atomic E-state index is 12.7. The minimum atomic E-state index is -1.30. The van der Waals surface area contributed by atoms with Crippen molar-refractivity contribution in [2.24, 2.45) is 0 Å². The summed E-state index contributed by atoms with van der Waals surface area (Å²) in [6.07, 6.45) is 0. The van der Waals surface area contributed by atoms with Crippen LogP contribution in [0.2, 0.25) is 0 Å². The Bertz CT molecular complexity index is 368. The highest BCUT2D eigenvalue weighted by Crippen LogP contribution is 2.11. The summed E-state index contributed by atoms with van der Waals surface area (Å²) in [6.45, 7) is 0. The Kier molecular flexibility index (Phi) is 2.06. The molecule has 0 saturated carbocycles. The van der Waals surface area contributed by atoms with Crippen LogP contribution in [0.25, 0.3) is 0 Å². The van der Waals surface area contributed by atoms with Gasteiger partial charge in [0.05, 0.1) is 5.56 Å². The molecule has 1 N–H and O–H groups in total. The minimum Gasteiger partial charge on any atom is -0.478 e. The lowest BCUT2D eigenvalue weighted by molar-refractivity contribution is 0.0696. The molecule has 3 nitrogen and oxygen atoms in total. The fourth-order valence-electron chi connectivity index (χ4n) is 0.816. The smallest absolute Gasteiger partial charge is 0.337 e. The van der Waals surface area contributed by atoms with E-state index in [-0.39, 0.29) is 5.56 Å². The SMILES string of the molecule is N#Cc1c(F)cccc1C(=O)O. The summed E-state index contributed by atoms with van der Waals surface area (Å²) in [5.41, 5.74) is -0.734. The number of halogens is 1. The van der Waals surface area contributed by atoms with E-state index in [0.29, 0.717) is 0 Å². The molecule has 0 atom stereocenters. The number of hydrogen-bond acceptors (Lipinski definition) is 2. The van der Waals surface area contributed by atoms with Crippen LogP contribution in [0.15, 0.2) is 18.2 Å². The van der Waals surface area contributed by atoms with Crippen molar-refractivity contribution in [3.63, 3.8) is 0 Å². The van der Waals surface area contributed by atoms with E-state index < -0.39 is 17.3 Å². The van der Waals surface area contributed by atoms with Crippen LogP contribution >= 0.6 is 0 Å². The molecule has 0 aliphatic carbocycles. The third-order valence-corrected chi connectivity index (χ3v) is 1.36. The molecular weight excluding hydrogens is 161 g/mol. The van der Waals surface area contributed by atoms with Gasteiger partial charge in [0, 0.05) is 0 Å². The molecule has 0 spiro atoms. The molecular formula is C8H4FNO2. The lowest BCUT2D eigenvalue weighted by Gasteiger charge is -1.97. The molecule has 1 aromatic carbocycles. The van der Waals surface area contributed by atoms with Gasteiger partial charge in [-0.2, -0.15) is 5.26 Å². The number of nitriles is 1. The Morgan fingerprint density at radius 2 is 2.25 bits per heavy atom. The first kappa shape index (κ1) is 8.21. The summed E-state index contributed by atoms with van der Waals surface area (Å²) in [6, 6.07) is 4.97. The molecule has 0 unspecified atom stereocenters. The summed E-state index contributed by atoms with van der Waals surface area (Å²) in [5, 5.41) is 16.9. The van der Waals surface area contributed by atoms with E-state index in [1.165, 1.54) is 18.2 Å². The monoisotopic (exact) mass is 165 g/mol. The normalized spacial score (nSPS) is 9.00. The molecule has 0 aliphatic rings. The Balaban J connectivity index is 3.40. The summed E-state index contributed by atoms with van der Waals surface area (Å²) < 4.78 is 12.7. The van der Waals surface area contributed by atoms with Gasteiger partial charge < -0.3 is 5.11 Å². The van der Waals surface area contributed by atoms with Gasteiger partial charge in [0.25, 0.3) is 0 Å². The van der Waals surface area contributed by atoms with Crippen molar-refractivity contribution in [1.82, 2.24) is 0 Å². The van der Waals surface area contributed by atoms with E-state index >= 15 is 0 Å². The Morgan fingerprint density at radius 1 is 1.58 bits per heavy atom. The van der Waals surface area contributed by atoms with Crippen LogP contribution in [0.1, 0.15) is 15.9 Å². The van der Waals surface area contributed by atoms with Gasteiger partial charge in [0.1, 0.15) is 17.4 Å². The van der Waals surface area contributed by atoms with Crippen molar-refractivity contribution in [2.75, 3.05) is 0 Å². The highest BCUT2D eigenvalue weighted by molar-refractivity contribution is 5.90. The lowest BCUT2D eigenvalue weighted by atomic mass is 10.1. The zero-order chi connectivity index (χ0) is 9.14. The maximum Gasteiger partial charge on any atom is 0.337 e. The summed E-state index contributed by atoms with van der Waals surface area (Å²) >= 11 is 0.